The number of rotatable bonds is 7. The minimum absolute atomic E-state index is 0.0249. The van der Waals surface area contributed by atoms with Gasteiger partial charge in [0.1, 0.15) is 11.3 Å². The molecule has 0 bridgehead atoms. The minimum Gasteiger partial charge on any atom is -0.444 e. The van der Waals surface area contributed by atoms with Crippen molar-refractivity contribution < 1.29 is 24.2 Å². The number of carbonyl (C=O) groups excluding carboxylic acids is 3. The number of benzene rings is 1. The molecular weight excluding hydrogens is 460 g/mol. The largest absolute Gasteiger partial charge is 0.444 e. The first-order chi connectivity index (χ1) is 17.1. The topological polar surface area (TPSA) is 105 Å². The predicted octanol–water partition coefficient (Wildman–Crippen LogP) is 3.99. The number of piperidine rings is 1. The van der Waals surface area contributed by atoms with Crippen molar-refractivity contribution in [3.63, 3.8) is 0 Å². The van der Waals surface area contributed by atoms with Crippen LogP contribution in [0.2, 0.25) is 0 Å². The first-order valence-corrected chi connectivity index (χ1v) is 12.6. The van der Waals surface area contributed by atoms with Crippen LogP contribution in [0.25, 0.3) is 0 Å². The van der Waals surface area contributed by atoms with Gasteiger partial charge >= 0.3 is 6.09 Å². The van der Waals surface area contributed by atoms with Crippen molar-refractivity contribution in [2.24, 2.45) is 0 Å². The molecule has 2 amide bonds. The zero-order valence-corrected chi connectivity index (χ0v) is 22.4. The van der Waals surface area contributed by atoms with Gasteiger partial charge < -0.3 is 24.2 Å². The standard InChI is InChI=1S/C25H34N4O5.C2H6/c1-18(31)21-8-6-5-7-19(21)16-28-17-26-15-22(28)23(32)27-11-9-20(10-12-27)29(13-14-30)24(33)34-25(2,3)4;1-2/h5-8,15,17,20,30H,9-14,16H2,1-4H3;1-2H3. The summed E-state index contributed by atoms with van der Waals surface area (Å²) in [4.78, 5) is 45.3. The predicted molar refractivity (Wildman–Crippen MR) is 138 cm³/mol. The summed E-state index contributed by atoms with van der Waals surface area (Å²) in [6, 6.07) is 7.24. The quantitative estimate of drug-likeness (QED) is 0.577. The highest BCUT2D eigenvalue weighted by Gasteiger charge is 2.33. The Kier molecular flexibility index (Phi) is 10.6. The lowest BCUT2D eigenvalue weighted by Crippen LogP contribution is -2.51. The van der Waals surface area contributed by atoms with E-state index in [1.165, 1.54) is 6.92 Å². The van der Waals surface area contributed by atoms with E-state index in [-0.39, 0.29) is 30.9 Å². The van der Waals surface area contributed by atoms with Crippen molar-refractivity contribution in [2.45, 2.75) is 72.6 Å². The summed E-state index contributed by atoms with van der Waals surface area (Å²) in [6.07, 6.45) is 3.87. The van der Waals surface area contributed by atoms with E-state index in [1.54, 1.807) is 53.7 Å². The molecule has 0 saturated carbocycles. The number of carbonyl (C=O) groups is 3. The van der Waals surface area contributed by atoms with Gasteiger partial charge in [-0.05, 0) is 46.1 Å². The molecule has 1 aromatic heterocycles. The van der Waals surface area contributed by atoms with Crippen molar-refractivity contribution in [2.75, 3.05) is 26.2 Å². The highest BCUT2D eigenvalue weighted by Crippen LogP contribution is 2.22. The van der Waals surface area contributed by atoms with Crippen molar-refractivity contribution in [1.29, 1.82) is 0 Å². The number of Topliss-reactive ketones (excluding diaryl/α,β-unsaturated/α-hetero) is 1. The number of hydrogen-bond donors (Lipinski definition) is 1. The van der Waals surface area contributed by atoms with E-state index in [2.05, 4.69) is 4.98 Å². The third kappa shape index (κ3) is 7.65. The molecule has 1 saturated heterocycles. The first kappa shape index (κ1) is 29.0. The molecule has 2 aromatic rings. The van der Waals surface area contributed by atoms with Crippen LogP contribution in [0.3, 0.4) is 0 Å². The Morgan fingerprint density at radius 2 is 1.78 bits per heavy atom. The van der Waals surface area contributed by atoms with Crippen molar-refractivity contribution in [1.82, 2.24) is 19.4 Å². The summed E-state index contributed by atoms with van der Waals surface area (Å²) in [5, 5.41) is 9.44. The Morgan fingerprint density at radius 3 is 2.36 bits per heavy atom. The van der Waals surface area contributed by atoms with Gasteiger partial charge in [0.25, 0.3) is 5.91 Å². The van der Waals surface area contributed by atoms with Crippen LogP contribution in [0.4, 0.5) is 4.79 Å². The van der Waals surface area contributed by atoms with E-state index >= 15 is 0 Å². The summed E-state index contributed by atoms with van der Waals surface area (Å²) in [5.74, 6) is -0.162. The minimum atomic E-state index is -0.624. The number of imidazole rings is 1. The van der Waals surface area contributed by atoms with E-state index in [4.69, 9.17) is 4.74 Å². The van der Waals surface area contributed by atoms with Crippen molar-refractivity contribution in [3.05, 3.63) is 53.6 Å². The van der Waals surface area contributed by atoms with Gasteiger partial charge in [-0.2, -0.15) is 0 Å². The molecule has 0 atom stereocenters. The average molecular weight is 501 g/mol. The van der Waals surface area contributed by atoms with E-state index in [0.29, 0.717) is 43.7 Å². The lowest BCUT2D eigenvalue weighted by molar-refractivity contribution is 0.00473. The van der Waals surface area contributed by atoms with E-state index in [0.717, 1.165) is 5.56 Å². The molecule has 1 aliphatic rings. The second kappa shape index (κ2) is 13.2. The SMILES string of the molecule is CC.CC(=O)c1ccccc1Cn1cncc1C(=O)N1CCC(N(CCO)C(=O)OC(C)(C)C)CC1. The van der Waals surface area contributed by atoms with Crippen LogP contribution in [0, 0.1) is 0 Å². The molecule has 0 unspecified atom stereocenters. The summed E-state index contributed by atoms with van der Waals surface area (Å²) >= 11 is 0. The third-order valence-corrected chi connectivity index (χ3v) is 5.83. The number of hydrogen-bond acceptors (Lipinski definition) is 6. The Balaban J connectivity index is 0.00000222. The van der Waals surface area contributed by atoms with E-state index in [9.17, 15) is 19.5 Å². The number of ether oxygens (including phenoxy) is 1. The van der Waals surface area contributed by atoms with E-state index < -0.39 is 11.7 Å². The van der Waals surface area contributed by atoms with Gasteiger partial charge in [0.2, 0.25) is 0 Å². The molecular formula is C27H40N4O5. The zero-order valence-electron chi connectivity index (χ0n) is 22.4. The lowest BCUT2D eigenvalue weighted by atomic mass is 10.0. The lowest BCUT2D eigenvalue weighted by Gasteiger charge is -2.38. The summed E-state index contributed by atoms with van der Waals surface area (Å²) in [5.41, 5.74) is 1.29. The second-order valence-electron chi connectivity index (χ2n) is 9.54. The molecule has 1 fully saturated rings. The molecule has 1 aromatic carbocycles. The zero-order chi connectivity index (χ0) is 26.9. The van der Waals surface area contributed by atoms with Gasteiger partial charge in [0.05, 0.1) is 19.1 Å². The number of aliphatic hydroxyl groups excluding tert-OH is 1. The fraction of sp³-hybridized carbons (Fsp3) is 0.556. The molecule has 198 valence electrons. The van der Waals surface area contributed by atoms with Gasteiger partial charge in [-0.3, -0.25) is 9.59 Å². The smallest absolute Gasteiger partial charge is 0.410 e. The van der Waals surface area contributed by atoms with Crippen LogP contribution in [0.15, 0.2) is 36.8 Å². The Hall–Kier alpha value is -3.20. The highest BCUT2D eigenvalue weighted by atomic mass is 16.6. The molecule has 36 heavy (non-hydrogen) atoms. The Morgan fingerprint density at radius 1 is 1.14 bits per heavy atom. The molecule has 1 N–H and O–H groups in total. The Bertz CT molecular complexity index is 1020. The maximum Gasteiger partial charge on any atom is 0.410 e. The maximum atomic E-state index is 13.3. The normalized spacial score (nSPS) is 14.0. The molecule has 0 radical (unpaired) electrons. The van der Waals surface area contributed by atoms with Crippen LogP contribution in [0.5, 0.6) is 0 Å². The number of nitrogens with zero attached hydrogens (tertiary/aromatic N) is 4. The average Bonchev–Trinajstić information content (AvgIpc) is 3.30. The van der Waals surface area contributed by atoms with Crippen molar-refractivity contribution >= 4 is 17.8 Å². The number of ketones is 1. The fourth-order valence-corrected chi connectivity index (χ4v) is 4.20. The second-order valence-corrected chi connectivity index (χ2v) is 9.54. The molecule has 2 heterocycles. The van der Waals surface area contributed by atoms with Gasteiger partial charge in [-0.15, -0.1) is 0 Å². The molecule has 9 heteroatoms. The number of aromatic nitrogens is 2. The number of likely N-dealkylation sites (tertiary alicyclic amines) is 1. The van der Waals surface area contributed by atoms with Crippen LogP contribution >= 0.6 is 0 Å². The molecule has 9 nitrogen and oxygen atoms in total. The van der Waals surface area contributed by atoms with Crippen LogP contribution in [0.1, 0.15) is 80.8 Å². The highest BCUT2D eigenvalue weighted by molar-refractivity contribution is 5.95. The van der Waals surface area contributed by atoms with Gasteiger partial charge in [0.15, 0.2) is 5.78 Å². The van der Waals surface area contributed by atoms with E-state index in [1.807, 2.05) is 32.0 Å². The molecule has 3 rings (SSSR count). The number of aliphatic hydroxyl groups is 1. The van der Waals surface area contributed by atoms with Crippen molar-refractivity contribution in [3.8, 4) is 0 Å². The maximum absolute atomic E-state index is 13.3. The molecule has 0 spiro atoms. The van der Waals surface area contributed by atoms with Crippen LogP contribution in [-0.4, -0.2) is 80.1 Å². The van der Waals surface area contributed by atoms with Gasteiger partial charge in [-0.1, -0.05) is 38.1 Å². The summed E-state index contributed by atoms with van der Waals surface area (Å²) < 4.78 is 7.26. The van der Waals surface area contributed by atoms with Gasteiger partial charge in [0, 0.05) is 37.8 Å². The molecule has 1 aliphatic heterocycles. The number of amides is 2. The monoisotopic (exact) mass is 500 g/mol. The third-order valence-electron chi connectivity index (χ3n) is 5.83. The van der Waals surface area contributed by atoms with Crippen LogP contribution < -0.4 is 0 Å². The summed E-state index contributed by atoms with van der Waals surface area (Å²) in [6.45, 7) is 12.3. The van der Waals surface area contributed by atoms with Gasteiger partial charge in [-0.25, -0.2) is 9.78 Å². The van der Waals surface area contributed by atoms with Crippen LogP contribution in [-0.2, 0) is 11.3 Å². The fourth-order valence-electron chi connectivity index (χ4n) is 4.20. The summed E-state index contributed by atoms with van der Waals surface area (Å²) in [7, 11) is 0. The first-order valence-electron chi connectivity index (χ1n) is 12.6. The molecule has 0 aliphatic carbocycles. The Labute approximate surface area is 214 Å².